The number of methoxy groups -OCH3 is 1. The van der Waals surface area contributed by atoms with E-state index in [0.717, 1.165) is 5.56 Å². The van der Waals surface area contributed by atoms with E-state index < -0.39 is 0 Å². The minimum Gasteiger partial charge on any atom is -0.496 e. The highest BCUT2D eigenvalue weighted by atomic mass is 79.9. The number of hydrogen-bond acceptors (Lipinski definition) is 3. The molecule has 0 fully saturated rings. The highest BCUT2D eigenvalue weighted by molar-refractivity contribution is 9.10. The van der Waals surface area contributed by atoms with E-state index in [4.69, 9.17) is 9.15 Å². The highest BCUT2D eigenvalue weighted by Crippen LogP contribution is 2.26. The lowest BCUT2D eigenvalue weighted by molar-refractivity contribution is 0.100. The van der Waals surface area contributed by atoms with Crippen molar-refractivity contribution in [2.75, 3.05) is 7.11 Å². The molecule has 0 saturated carbocycles. The number of benzene rings is 1. The van der Waals surface area contributed by atoms with Crippen LogP contribution >= 0.6 is 15.9 Å². The molecule has 0 unspecified atom stereocenters. The number of ketones is 1. The summed E-state index contributed by atoms with van der Waals surface area (Å²) >= 11 is 3.27. The number of ether oxygens (including phenoxy) is 1. The molecule has 1 aromatic heterocycles. The van der Waals surface area contributed by atoms with E-state index in [2.05, 4.69) is 15.9 Å². The fraction of sp³-hybridized carbons (Fsp3) is 0.154. The SMILES string of the molecule is COc1ccc(C)cc1C(=O)c1occc1Br. The van der Waals surface area contributed by atoms with Crippen LogP contribution in [-0.2, 0) is 0 Å². The first-order valence-electron chi connectivity index (χ1n) is 5.06. The largest absolute Gasteiger partial charge is 0.496 e. The fourth-order valence-electron chi connectivity index (χ4n) is 1.58. The lowest BCUT2D eigenvalue weighted by atomic mass is 10.1. The summed E-state index contributed by atoms with van der Waals surface area (Å²) in [4.78, 5) is 12.3. The third-order valence-corrected chi connectivity index (χ3v) is 3.05. The van der Waals surface area contributed by atoms with Gasteiger partial charge < -0.3 is 9.15 Å². The molecule has 3 nitrogen and oxygen atoms in total. The Balaban J connectivity index is 2.50. The second kappa shape index (κ2) is 4.75. The Bertz CT molecular complexity index is 558. The molecule has 0 aliphatic heterocycles. The quantitative estimate of drug-likeness (QED) is 0.812. The van der Waals surface area contributed by atoms with Gasteiger partial charge in [-0.05, 0) is 41.1 Å². The van der Waals surface area contributed by atoms with Gasteiger partial charge in [-0.15, -0.1) is 0 Å². The molecule has 0 atom stereocenters. The summed E-state index contributed by atoms with van der Waals surface area (Å²) in [5.74, 6) is 0.639. The van der Waals surface area contributed by atoms with Gasteiger partial charge in [-0.2, -0.15) is 0 Å². The number of hydrogen-bond donors (Lipinski definition) is 0. The smallest absolute Gasteiger partial charge is 0.233 e. The molecule has 2 rings (SSSR count). The predicted molar refractivity (Wildman–Crippen MR) is 67.6 cm³/mol. The summed E-state index contributed by atoms with van der Waals surface area (Å²) < 4.78 is 11.0. The monoisotopic (exact) mass is 294 g/mol. The number of carbonyl (C=O) groups excluding carboxylic acids is 1. The van der Waals surface area contributed by atoms with Gasteiger partial charge >= 0.3 is 0 Å². The van der Waals surface area contributed by atoms with Gasteiger partial charge in [0.15, 0.2) is 5.76 Å². The summed E-state index contributed by atoms with van der Waals surface area (Å²) in [6.07, 6.45) is 1.47. The van der Waals surface area contributed by atoms with Crippen LogP contribution in [0.1, 0.15) is 21.7 Å². The molecule has 4 heteroatoms. The topological polar surface area (TPSA) is 39.4 Å². The Morgan fingerprint density at radius 2 is 2.12 bits per heavy atom. The van der Waals surface area contributed by atoms with E-state index in [0.29, 0.717) is 15.8 Å². The first kappa shape index (κ1) is 11.9. The summed E-state index contributed by atoms with van der Waals surface area (Å²) in [6.45, 7) is 1.92. The first-order valence-corrected chi connectivity index (χ1v) is 5.85. The third kappa shape index (κ3) is 2.26. The summed E-state index contributed by atoms with van der Waals surface area (Å²) in [5.41, 5.74) is 1.50. The second-order valence-corrected chi connectivity index (χ2v) is 4.48. The van der Waals surface area contributed by atoms with E-state index in [1.165, 1.54) is 6.26 Å². The Kier molecular flexibility index (Phi) is 3.33. The van der Waals surface area contributed by atoms with Gasteiger partial charge in [-0.3, -0.25) is 4.79 Å². The molecule has 0 N–H and O–H groups in total. The van der Waals surface area contributed by atoms with E-state index in [-0.39, 0.29) is 11.5 Å². The molecule has 0 aliphatic carbocycles. The van der Waals surface area contributed by atoms with Crippen LogP contribution in [0.4, 0.5) is 0 Å². The van der Waals surface area contributed by atoms with Crippen molar-refractivity contribution in [3.8, 4) is 5.75 Å². The van der Waals surface area contributed by atoms with Crippen molar-refractivity contribution in [1.29, 1.82) is 0 Å². The molecule has 17 heavy (non-hydrogen) atoms. The third-order valence-electron chi connectivity index (χ3n) is 2.42. The van der Waals surface area contributed by atoms with Crippen LogP contribution < -0.4 is 4.74 Å². The Hall–Kier alpha value is -1.55. The number of carbonyl (C=O) groups is 1. The van der Waals surface area contributed by atoms with Crippen molar-refractivity contribution in [2.24, 2.45) is 0 Å². The molecule has 0 spiro atoms. The number of rotatable bonds is 3. The zero-order chi connectivity index (χ0) is 12.4. The highest BCUT2D eigenvalue weighted by Gasteiger charge is 2.19. The molecule has 0 radical (unpaired) electrons. The minimum atomic E-state index is -0.192. The Morgan fingerprint density at radius 1 is 1.35 bits per heavy atom. The summed E-state index contributed by atoms with van der Waals surface area (Å²) in [6, 6.07) is 7.15. The molecule has 0 saturated heterocycles. The minimum absolute atomic E-state index is 0.192. The normalized spacial score (nSPS) is 10.3. The number of aryl methyl sites for hydroxylation is 1. The zero-order valence-corrected chi connectivity index (χ0v) is 11.1. The molecule has 1 heterocycles. The van der Waals surface area contributed by atoms with Crippen LogP contribution in [0.25, 0.3) is 0 Å². The molecule has 0 aliphatic rings. The Morgan fingerprint density at radius 3 is 2.71 bits per heavy atom. The van der Waals surface area contributed by atoms with Crippen molar-refractivity contribution in [3.05, 3.63) is 51.9 Å². The van der Waals surface area contributed by atoms with E-state index in [1.54, 1.807) is 25.3 Å². The van der Waals surface area contributed by atoms with Crippen LogP contribution in [0.3, 0.4) is 0 Å². The second-order valence-electron chi connectivity index (χ2n) is 3.63. The maximum absolute atomic E-state index is 12.3. The average molecular weight is 295 g/mol. The lowest BCUT2D eigenvalue weighted by Crippen LogP contribution is -2.04. The maximum Gasteiger partial charge on any atom is 0.233 e. The van der Waals surface area contributed by atoms with Crippen LogP contribution in [0.15, 0.2) is 39.4 Å². The van der Waals surface area contributed by atoms with Crippen LogP contribution in [0, 0.1) is 6.92 Å². The average Bonchev–Trinajstić information content (AvgIpc) is 2.74. The molecule has 88 valence electrons. The van der Waals surface area contributed by atoms with E-state index >= 15 is 0 Å². The molecular formula is C13H11BrO3. The van der Waals surface area contributed by atoms with Crippen LogP contribution in [0.5, 0.6) is 5.75 Å². The summed E-state index contributed by atoms with van der Waals surface area (Å²) in [5, 5.41) is 0. The van der Waals surface area contributed by atoms with Gasteiger partial charge in [-0.25, -0.2) is 0 Å². The predicted octanol–water partition coefficient (Wildman–Crippen LogP) is 3.59. The summed E-state index contributed by atoms with van der Waals surface area (Å²) in [7, 11) is 1.54. The van der Waals surface area contributed by atoms with Gasteiger partial charge in [0.05, 0.1) is 23.4 Å². The van der Waals surface area contributed by atoms with E-state index in [9.17, 15) is 4.79 Å². The van der Waals surface area contributed by atoms with Crippen molar-refractivity contribution < 1.29 is 13.9 Å². The standard InChI is InChI=1S/C13H11BrO3/c1-8-3-4-11(16-2)9(7-8)12(15)13-10(14)5-6-17-13/h3-7H,1-2H3. The van der Waals surface area contributed by atoms with Gasteiger partial charge in [-0.1, -0.05) is 11.6 Å². The van der Waals surface area contributed by atoms with Crippen LogP contribution in [-0.4, -0.2) is 12.9 Å². The number of furan rings is 1. The number of halogens is 1. The fourth-order valence-corrected chi connectivity index (χ4v) is 1.96. The molecule has 2 aromatic rings. The van der Waals surface area contributed by atoms with Gasteiger partial charge in [0, 0.05) is 0 Å². The Labute approximate surface area is 108 Å². The molecule has 0 bridgehead atoms. The zero-order valence-electron chi connectivity index (χ0n) is 9.49. The molecule has 0 amide bonds. The maximum atomic E-state index is 12.3. The van der Waals surface area contributed by atoms with Gasteiger partial charge in [0.1, 0.15) is 5.75 Å². The van der Waals surface area contributed by atoms with Crippen molar-refractivity contribution >= 4 is 21.7 Å². The van der Waals surface area contributed by atoms with Gasteiger partial charge in [0.2, 0.25) is 5.78 Å². The molecule has 1 aromatic carbocycles. The molecular weight excluding hydrogens is 284 g/mol. The van der Waals surface area contributed by atoms with E-state index in [1.807, 2.05) is 13.0 Å². The van der Waals surface area contributed by atoms with Crippen molar-refractivity contribution in [1.82, 2.24) is 0 Å². The lowest BCUT2D eigenvalue weighted by Gasteiger charge is -2.07. The van der Waals surface area contributed by atoms with Crippen molar-refractivity contribution in [2.45, 2.75) is 6.92 Å². The first-order chi connectivity index (χ1) is 8.13. The van der Waals surface area contributed by atoms with Crippen molar-refractivity contribution in [3.63, 3.8) is 0 Å². The van der Waals surface area contributed by atoms with Gasteiger partial charge in [0.25, 0.3) is 0 Å². The van der Waals surface area contributed by atoms with Crippen LogP contribution in [0.2, 0.25) is 0 Å².